The third-order valence-corrected chi connectivity index (χ3v) is 5.13. The zero-order chi connectivity index (χ0) is 18.1. The van der Waals surface area contributed by atoms with Crippen molar-refractivity contribution in [2.24, 2.45) is 0 Å². The van der Waals surface area contributed by atoms with Crippen molar-refractivity contribution < 1.29 is 14.6 Å². The number of amides is 1. The number of carbonyl (C=O) groups is 1. The van der Waals surface area contributed by atoms with Crippen LogP contribution in [0.3, 0.4) is 0 Å². The summed E-state index contributed by atoms with van der Waals surface area (Å²) in [5, 5.41) is 10.4. The lowest BCUT2D eigenvalue weighted by Crippen LogP contribution is -2.30. The van der Waals surface area contributed by atoms with Gasteiger partial charge in [0.25, 0.3) is 5.91 Å². The molecule has 5 nitrogen and oxygen atoms in total. The third kappa shape index (κ3) is 3.21. The molecule has 0 saturated carbocycles. The summed E-state index contributed by atoms with van der Waals surface area (Å²) in [4.78, 5) is 16.1. The maximum absolute atomic E-state index is 12.9. The van der Waals surface area contributed by atoms with Gasteiger partial charge in [0.1, 0.15) is 5.70 Å². The Balaban J connectivity index is 2.03. The van der Waals surface area contributed by atoms with Crippen molar-refractivity contribution in [2.75, 3.05) is 19.1 Å². The van der Waals surface area contributed by atoms with Gasteiger partial charge in [-0.25, -0.2) is 0 Å². The van der Waals surface area contributed by atoms with Crippen molar-refractivity contribution >= 4 is 57.6 Å². The first-order valence-corrected chi connectivity index (χ1v) is 8.88. The molecular weight excluding hydrogens is 451 g/mol. The Hall–Kier alpha value is -2.13. The minimum atomic E-state index is -0.194. The van der Waals surface area contributed by atoms with Crippen LogP contribution in [0.1, 0.15) is 5.56 Å². The monoisotopic (exact) mass is 466 g/mol. The number of hydrogen-bond donors (Lipinski definition) is 1. The van der Waals surface area contributed by atoms with Gasteiger partial charge < -0.3 is 14.7 Å². The highest BCUT2D eigenvalue weighted by Crippen LogP contribution is 2.34. The van der Waals surface area contributed by atoms with Crippen LogP contribution in [0.4, 0.5) is 5.69 Å². The second-order valence-electron chi connectivity index (χ2n) is 5.40. The second kappa shape index (κ2) is 7.01. The summed E-state index contributed by atoms with van der Waals surface area (Å²) < 4.78 is 5.82. The largest absolute Gasteiger partial charge is 0.504 e. The average molecular weight is 466 g/mol. The van der Waals surface area contributed by atoms with E-state index in [1.54, 1.807) is 30.2 Å². The number of halogens is 1. The van der Waals surface area contributed by atoms with Gasteiger partial charge in [-0.05, 0) is 70.7 Å². The molecule has 128 valence electrons. The van der Waals surface area contributed by atoms with Crippen LogP contribution in [-0.4, -0.2) is 35.2 Å². The molecule has 1 amide bonds. The zero-order valence-corrected chi connectivity index (χ0v) is 16.5. The summed E-state index contributed by atoms with van der Waals surface area (Å²) in [6.07, 6.45) is 1.74. The Morgan fingerprint density at radius 1 is 1.24 bits per heavy atom. The number of phenols is 1. The van der Waals surface area contributed by atoms with Gasteiger partial charge in [-0.1, -0.05) is 18.2 Å². The van der Waals surface area contributed by atoms with Crippen molar-refractivity contribution in [3.8, 4) is 11.5 Å². The number of benzene rings is 2. The van der Waals surface area contributed by atoms with Gasteiger partial charge in [0.05, 0.1) is 16.4 Å². The highest BCUT2D eigenvalue weighted by Gasteiger charge is 2.36. The molecule has 3 rings (SSSR count). The fraction of sp³-hybridized carbons (Fsp3) is 0.111. The number of thiocarbonyl (C=S) groups is 1. The first-order chi connectivity index (χ1) is 11.9. The molecule has 0 atom stereocenters. The smallest absolute Gasteiger partial charge is 0.281 e. The van der Waals surface area contributed by atoms with Crippen LogP contribution in [-0.2, 0) is 4.79 Å². The van der Waals surface area contributed by atoms with Gasteiger partial charge in [-0.2, -0.15) is 0 Å². The predicted octanol–water partition coefficient (Wildman–Crippen LogP) is 3.61. The Bertz CT molecular complexity index is 883. The van der Waals surface area contributed by atoms with E-state index in [1.165, 1.54) is 12.0 Å². The second-order valence-corrected chi connectivity index (χ2v) is 6.93. The van der Waals surface area contributed by atoms with Crippen molar-refractivity contribution in [1.29, 1.82) is 0 Å². The van der Waals surface area contributed by atoms with Crippen molar-refractivity contribution in [2.45, 2.75) is 0 Å². The van der Waals surface area contributed by atoms with Crippen LogP contribution in [0.25, 0.3) is 6.08 Å². The highest BCUT2D eigenvalue weighted by molar-refractivity contribution is 14.1. The molecule has 1 N–H and O–H groups in total. The molecule has 0 aromatic heterocycles. The predicted molar refractivity (Wildman–Crippen MR) is 110 cm³/mol. The summed E-state index contributed by atoms with van der Waals surface area (Å²) in [6, 6.07) is 12.8. The molecule has 2 aromatic rings. The van der Waals surface area contributed by atoms with E-state index in [4.69, 9.17) is 17.0 Å². The lowest BCUT2D eigenvalue weighted by atomic mass is 10.1. The Morgan fingerprint density at radius 2 is 1.92 bits per heavy atom. The van der Waals surface area contributed by atoms with E-state index in [2.05, 4.69) is 0 Å². The minimum Gasteiger partial charge on any atom is -0.504 e. The van der Waals surface area contributed by atoms with Crippen LogP contribution in [0.15, 0.2) is 48.2 Å². The summed E-state index contributed by atoms with van der Waals surface area (Å²) in [6.45, 7) is 0. The molecule has 1 aliphatic rings. The first kappa shape index (κ1) is 17.7. The van der Waals surface area contributed by atoms with E-state index in [0.29, 0.717) is 20.1 Å². The van der Waals surface area contributed by atoms with E-state index >= 15 is 0 Å². The Kier molecular flexibility index (Phi) is 4.96. The maximum atomic E-state index is 12.9. The van der Waals surface area contributed by atoms with E-state index in [1.807, 2.05) is 52.9 Å². The molecule has 0 unspecified atom stereocenters. The first-order valence-electron chi connectivity index (χ1n) is 7.39. The standard InChI is InChI=1S/C18H15IN2O3S/c1-20-14(9-11-8-13(19)16(22)15(10-11)24-2)17(23)21(18(20)25)12-6-4-3-5-7-12/h3-10,22H,1-2H3/b14-9+. The number of aromatic hydroxyl groups is 1. The zero-order valence-electron chi connectivity index (χ0n) is 13.6. The number of hydrogen-bond acceptors (Lipinski definition) is 4. The van der Waals surface area contributed by atoms with Gasteiger partial charge in [0.2, 0.25) is 0 Å². The average Bonchev–Trinajstić information content (AvgIpc) is 2.82. The SMILES string of the molecule is COc1cc(/C=C2\C(=O)N(c3ccccc3)C(=S)N2C)cc(I)c1O. The van der Waals surface area contributed by atoms with Crippen molar-refractivity contribution in [1.82, 2.24) is 4.90 Å². The number of nitrogens with zero attached hydrogens (tertiary/aromatic N) is 2. The summed E-state index contributed by atoms with van der Waals surface area (Å²) in [7, 11) is 3.25. The molecular formula is C18H15IN2O3S. The summed E-state index contributed by atoms with van der Waals surface area (Å²) in [5.41, 5.74) is 1.93. The number of para-hydroxylation sites is 1. The molecule has 2 aromatic carbocycles. The highest BCUT2D eigenvalue weighted by atomic mass is 127. The summed E-state index contributed by atoms with van der Waals surface area (Å²) in [5.74, 6) is 0.243. The minimum absolute atomic E-state index is 0.0813. The number of carbonyl (C=O) groups excluding carboxylic acids is 1. The van der Waals surface area contributed by atoms with Gasteiger partial charge >= 0.3 is 0 Å². The molecule has 25 heavy (non-hydrogen) atoms. The van der Waals surface area contributed by atoms with Crippen LogP contribution >= 0.6 is 34.8 Å². The maximum Gasteiger partial charge on any atom is 0.281 e. The molecule has 0 radical (unpaired) electrons. The van der Waals surface area contributed by atoms with Gasteiger partial charge in [0, 0.05) is 7.05 Å². The number of ether oxygens (including phenoxy) is 1. The van der Waals surface area contributed by atoms with Gasteiger partial charge in [-0.15, -0.1) is 0 Å². The molecule has 1 heterocycles. The fourth-order valence-electron chi connectivity index (χ4n) is 2.55. The summed E-state index contributed by atoms with van der Waals surface area (Å²) >= 11 is 7.45. The number of likely N-dealkylation sites (N-methyl/N-ethyl adjacent to an activating group) is 1. The quantitative estimate of drug-likeness (QED) is 0.426. The molecule has 0 aliphatic carbocycles. The number of methoxy groups -OCH3 is 1. The number of rotatable bonds is 3. The molecule has 0 spiro atoms. The number of phenolic OH excluding ortho intramolecular Hbond substituents is 1. The van der Waals surface area contributed by atoms with Crippen LogP contribution in [0, 0.1) is 3.57 Å². The van der Waals surface area contributed by atoms with E-state index in [-0.39, 0.29) is 11.7 Å². The van der Waals surface area contributed by atoms with Gasteiger partial charge in [-0.3, -0.25) is 9.69 Å². The number of anilines is 1. The molecule has 1 aliphatic heterocycles. The fourth-order valence-corrected chi connectivity index (χ4v) is 3.46. The van der Waals surface area contributed by atoms with Crippen LogP contribution in [0.2, 0.25) is 0 Å². The lowest BCUT2D eigenvalue weighted by Gasteiger charge is -2.16. The molecule has 0 bridgehead atoms. The molecule has 7 heteroatoms. The van der Waals surface area contributed by atoms with E-state index in [0.717, 1.165) is 11.3 Å². The van der Waals surface area contributed by atoms with E-state index in [9.17, 15) is 9.90 Å². The topological polar surface area (TPSA) is 53.0 Å². The van der Waals surface area contributed by atoms with E-state index < -0.39 is 0 Å². The Labute approximate surface area is 164 Å². The molecule has 1 fully saturated rings. The lowest BCUT2D eigenvalue weighted by molar-refractivity contribution is -0.114. The van der Waals surface area contributed by atoms with Gasteiger partial charge in [0.15, 0.2) is 16.6 Å². The normalized spacial score (nSPS) is 16.0. The molecule has 1 saturated heterocycles. The third-order valence-electron chi connectivity index (χ3n) is 3.85. The Morgan fingerprint density at radius 3 is 2.56 bits per heavy atom. The van der Waals surface area contributed by atoms with Crippen LogP contribution in [0.5, 0.6) is 11.5 Å². The van der Waals surface area contributed by atoms with Crippen molar-refractivity contribution in [3.63, 3.8) is 0 Å². The van der Waals surface area contributed by atoms with Crippen LogP contribution < -0.4 is 9.64 Å². The van der Waals surface area contributed by atoms with Crippen molar-refractivity contribution in [3.05, 3.63) is 57.3 Å².